The number of carbonyl (C=O) groups is 1. The molecule has 0 saturated heterocycles. The maximum Gasteiger partial charge on any atom is 0.236 e. The van der Waals surface area contributed by atoms with Gasteiger partial charge in [0.2, 0.25) is 5.91 Å². The van der Waals surface area contributed by atoms with Gasteiger partial charge in [0.1, 0.15) is 0 Å². The van der Waals surface area contributed by atoms with Crippen molar-refractivity contribution in [2.75, 3.05) is 6.54 Å². The van der Waals surface area contributed by atoms with E-state index < -0.39 is 6.04 Å². The fraction of sp³-hybridized carbons (Fsp3) is 0.417. The molecular formula is C12H17BrN2OS. The molecule has 0 aliphatic carbocycles. The van der Waals surface area contributed by atoms with Crippen LogP contribution in [0, 0.1) is 0 Å². The van der Waals surface area contributed by atoms with Crippen LogP contribution >= 0.6 is 27.7 Å². The Bertz CT molecular complexity index is 367. The van der Waals surface area contributed by atoms with Crippen molar-refractivity contribution in [3.8, 4) is 0 Å². The number of rotatable bonds is 5. The lowest BCUT2D eigenvalue weighted by Crippen LogP contribution is -2.40. The molecule has 2 atom stereocenters. The summed E-state index contributed by atoms with van der Waals surface area (Å²) in [5, 5.41) is 3.14. The second-order valence-electron chi connectivity index (χ2n) is 3.92. The highest BCUT2D eigenvalue weighted by atomic mass is 79.9. The number of amides is 1. The van der Waals surface area contributed by atoms with E-state index >= 15 is 0 Å². The molecule has 0 fully saturated rings. The van der Waals surface area contributed by atoms with Gasteiger partial charge in [-0.15, -0.1) is 11.8 Å². The molecule has 0 aromatic heterocycles. The Balaban J connectivity index is 2.37. The van der Waals surface area contributed by atoms with E-state index in [4.69, 9.17) is 5.73 Å². The number of benzene rings is 1. The van der Waals surface area contributed by atoms with Gasteiger partial charge in [-0.3, -0.25) is 4.79 Å². The number of thioether (sulfide) groups is 1. The van der Waals surface area contributed by atoms with Crippen molar-refractivity contribution in [1.29, 1.82) is 0 Å². The fourth-order valence-corrected chi connectivity index (χ4v) is 2.38. The van der Waals surface area contributed by atoms with E-state index in [9.17, 15) is 4.79 Å². The third kappa shape index (κ3) is 5.57. The van der Waals surface area contributed by atoms with Crippen LogP contribution in [0.2, 0.25) is 0 Å². The zero-order valence-electron chi connectivity index (χ0n) is 9.94. The molecule has 0 radical (unpaired) electrons. The predicted octanol–water partition coefficient (Wildman–Crippen LogP) is 2.39. The van der Waals surface area contributed by atoms with Crippen molar-refractivity contribution in [2.24, 2.45) is 5.73 Å². The average molecular weight is 317 g/mol. The molecule has 3 N–H and O–H groups in total. The Kier molecular flexibility index (Phi) is 6.02. The molecule has 0 aliphatic heterocycles. The summed E-state index contributed by atoms with van der Waals surface area (Å²) in [6, 6.07) is 7.68. The molecule has 0 saturated carbocycles. The normalized spacial score (nSPS) is 14.1. The highest BCUT2D eigenvalue weighted by molar-refractivity contribution is 9.10. The molecule has 1 amide bonds. The van der Waals surface area contributed by atoms with Crippen molar-refractivity contribution >= 4 is 33.6 Å². The maximum atomic E-state index is 11.3. The summed E-state index contributed by atoms with van der Waals surface area (Å²) >= 11 is 5.13. The van der Waals surface area contributed by atoms with Crippen LogP contribution in [-0.2, 0) is 4.79 Å². The molecule has 3 nitrogen and oxygen atoms in total. The summed E-state index contributed by atoms with van der Waals surface area (Å²) < 4.78 is 1.07. The molecule has 1 rings (SSSR count). The van der Waals surface area contributed by atoms with Crippen molar-refractivity contribution in [3.63, 3.8) is 0 Å². The molecule has 0 aliphatic rings. The number of hydrogen-bond donors (Lipinski definition) is 2. The number of nitrogens with one attached hydrogen (secondary N) is 1. The smallest absolute Gasteiger partial charge is 0.236 e. The summed E-state index contributed by atoms with van der Waals surface area (Å²) in [6.07, 6.45) is 0. The minimum Gasteiger partial charge on any atom is -0.354 e. The molecule has 5 heteroatoms. The maximum absolute atomic E-state index is 11.3. The first kappa shape index (κ1) is 14.5. The van der Waals surface area contributed by atoms with Crippen molar-refractivity contribution in [1.82, 2.24) is 5.32 Å². The number of nitrogens with two attached hydrogens (primary N) is 1. The third-order valence-corrected chi connectivity index (χ3v) is 3.77. The predicted molar refractivity (Wildman–Crippen MR) is 76.1 cm³/mol. The average Bonchev–Trinajstić information content (AvgIpc) is 2.29. The second kappa shape index (κ2) is 7.03. The SMILES string of the molecule is CC(CNC(=O)[C@H](C)N)Sc1ccc(Br)cc1. The topological polar surface area (TPSA) is 55.1 Å². The van der Waals surface area contributed by atoms with Crippen LogP contribution in [0.15, 0.2) is 33.6 Å². The lowest BCUT2D eigenvalue weighted by atomic mass is 10.3. The van der Waals surface area contributed by atoms with Crippen molar-refractivity contribution < 1.29 is 4.79 Å². The first-order valence-electron chi connectivity index (χ1n) is 5.44. The third-order valence-electron chi connectivity index (χ3n) is 2.13. The van der Waals surface area contributed by atoms with E-state index in [0.29, 0.717) is 11.8 Å². The molecule has 1 aromatic rings. The lowest BCUT2D eigenvalue weighted by Gasteiger charge is -2.13. The number of hydrogen-bond acceptors (Lipinski definition) is 3. The van der Waals surface area contributed by atoms with Crippen LogP contribution in [0.4, 0.5) is 0 Å². The molecular weight excluding hydrogens is 300 g/mol. The van der Waals surface area contributed by atoms with E-state index in [0.717, 1.165) is 4.47 Å². The number of carbonyl (C=O) groups excluding carboxylic acids is 1. The van der Waals surface area contributed by atoms with Crippen LogP contribution in [0.25, 0.3) is 0 Å². The first-order valence-corrected chi connectivity index (χ1v) is 7.12. The Labute approximate surface area is 115 Å². The van der Waals surface area contributed by atoms with Crippen molar-refractivity contribution in [2.45, 2.75) is 30.0 Å². The van der Waals surface area contributed by atoms with Gasteiger partial charge in [0.25, 0.3) is 0 Å². The van der Waals surface area contributed by atoms with Crippen LogP contribution < -0.4 is 11.1 Å². The van der Waals surface area contributed by atoms with E-state index in [2.05, 4.69) is 40.3 Å². The van der Waals surface area contributed by atoms with E-state index in [-0.39, 0.29) is 5.91 Å². The molecule has 0 heterocycles. The Morgan fingerprint density at radius 2 is 2.00 bits per heavy atom. The summed E-state index contributed by atoms with van der Waals surface area (Å²) in [7, 11) is 0. The van der Waals surface area contributed by atoms with Gasteiger partial charge in [0, 0.05) is 21.2 Å². The highest BCUT2D eigenvalue weighted by Gasteiger charge is 2.09. The van der Waals surface area contributed by atoms with Gasteiger partial charge in [0.15, 0.2) is 0 Å². The quantitative estimate of drug-likeness (QED) is 0.820. The lowest BCUT2D eigenvalue weighted by molar-refractivity contribution is -0.121. The van der Waals surface area contributed by atoms with Crippen LogP contribution in [0.5, 0.6) is 0 Å². The fourth-order valence-electron chi connectivity index (χ4n) is 1.19. The van der Waals surface area contributed by atoms with Gasteiger partial charge in [0.05, 0.1) is 6.04 Å². The first-order chi connectivity index (χ1) is 7.99. The molecule has 0 bridgehead atoms. The molecule has 0 spiro atoms. The monoisotopic (exact) mass is 316 g/mol. The Hall–Kier alpha value is -0.520. The minimum absolute atomic E-state index is 0.103. The molecule has 17 heavy (non-hydrogen) atoms. The number of halogens is 1. The summed E-state index contributed by atoms with van der Waals surface area (Å²) in [4.78, 5) is 12.5. The van der Waals surface area contributed by atoms with Crippen LogP contribution in [-0.4, -0.2) is 23.7 Å². The van der Waals surface area contributed by atoms with Crippen molar-refractivity contribution in [3.05, 3.63) is 28.7 Å². The summed E-state index contributed by atoms with van der Waals surface area (Å²) in [6.45, 7) is 4.39. The second-order valence-corrected chi connectivity index (χ2v) is 6.34. The molecule has 1 unspecified atom stereocenters. The standard InChI is InChI=1S/C12H17BrN2OS/c1-8(7-15-12(16)9(2)14)17-11-5-3-10(13)4-6-11/h3-6,8-9H,7,14H2,1-2H3,(H,15,16)/t8?,9-/m0/s1. The van der Waals surface area contributed by atoms with Gasteiger partial charge in [-0.05, 0) is 31.2 Å². The van der Waals surface area contributed by atoms with Crippen LogP contribution in [0.1, 0.15) is 13.8 Å². The van der Waals surface area contributed by atoms with E-state index in [1.54, 1.807) is 18.7 Å². The largest absolute Gasteiger partial charge is 0.354 e. The molecule has 94 valence electrons. The summed E-state index contributed by atoms with van der Waals surface area (Å²) in [5.41, 5.74) is 5.47. The van der Waals surface area contributed by atoms with E-state index in [1.807, 2.05) is 12.1 Å². The zero-order valence-corrected chi connectivity index (χ0v) is 12.3. The Morgan fingerprint density at radius 3 is 2.53 bits per heavy atom. The van der Waals surface area contributed by atoms with Gasteiger partial charge in [-0.2, -0.15) is 0 Å². The summed E-state index contributed by atoms with van der Waals surface area (Å²) in [5.74, 6) is -0.103. The minimum atomic E-state index is -0.445. The van der Waals surface area contributed by atoms with Gasteiger partial charge in [-0.1, -0.05) is 22.9 Å². The van der Waals surface area contributed by atoms with E-state index in [1.165, 1.54) is 4.90 Å². The Morgan fingerprint density at radius 1 is 1.41 bits per heavy atom. The van der Waals surface area contributed by atoms with Gasteiger partial charge >= 0.3 is 0 Å². The molecule has 1 aromatic carbocycles. The zero-order chi connectivity index (χ0) is 12.8. The highest BCUT2D eigenvalue weighted by Crippen LogP contribution is 2.24. The van der Waals surface area contributed by atoms with Gasteiger partial charge in [-0.25, -0.2) is 0 Å². The van der Waals surface area contributed by atoms with Crippen LogP contribution in [0.3, 0.4) is 0 Å². The van der Waals surface area contributed by atoms with Gasteiger partial charge < -0.3 is 11.1 Å².